The minimum Gasteiger partial charge on any atom is -0.355 e. The molecular formula is C17H22N4O2S. The lowest BCUT2D eigenvalue weighted by molar-refractivity contribution is 0.400. The van der Waals surface area contributed by atoms with Crippen LogP contribution in [0.15, 0.2) is 47.8 Å². The Morgan fingerprint density at radius 1 is 1.25 bits per heavy atom. The van der Waals surface area contributed by atoms with Crippen LogP contribution in [0, 0.1) is 12.8 Å². The van der Waals surface area contributed by atoms with Gasteiger partial charge in [0.05, 0.1) is 11.1 Å². The monoisotopic (exact) mass is 346 g/mol. The molecule has 1 fully saturated rings. The van der Waals surface area contributed by atoms with Gasteiger partial charge in [-0.3, -0.25) is 4.98 Å². The second-order valence-corrected chi connectivity index (χ2v) is 7.93. The highest BCUT2D eigenvalue weighted by molar-refractivity contribution is 7.89. The largest absolute Gasteiger partial charge is 0.355 e. The number of nitrogens with zero attached hydrogens (tertiary/aromatic N) is 3. The molecule has 2 heterocycles. The molecule has 0 unspecified atom stereocenters. The van der Waals surface area contributed by atoms with Gasteiger partial charge in [-0.25, -0.2) is 18.1 Å². The Labute approximate surface area is 143 Å². The van der Waals surface area contributed by atoms with Gasteiger partial charge in [0.2, 0.25) is 10.0 Å². The van der Waals surface area contributed by atoms with Crippen molar-refractivity contribution in [1.29, 1.82) is 0 Å². The van der Waals surface area contributed by atoms with Gasteiger partial charge >= 0.3 is 0 Å². The molecule has 6 nitrogen and oxygen atoms in total. The van der Waals surface area contributed by atoms with E-state index in [1.54, 1.807) is 36.8 Å². The van der Waals surface area contributed by atoms with Crippen LogP contribution in [0.2, 0.25) is 0 Å². The molecule has 0 radical (unpaired) electrons. The van der Waals surface area contributed by atoms with Crippen LogP contribution in [-0.4, -0.2) is 38.0 Å². The number of hydrogen-bond donors (Lipinski definition) is 1. The zero-order valence-electron chi connectivity index (χ0n) is 13.7. The third kappa shape index (κ3) is 4.10. The van der Waals surface area contributed by atoms with E-state index in [0.29, 0.717) is 17.4 Å². The fraction of sp³-hybridized carbons (Fsp3) is 0.412. The summed E-state index contributed by atoms with van der Waals surface area (Å²) in [7, 11) is -3.43. The van der Waals surface area contributed by atoms with Crippen LogP contribution < -0.4 is 9.62 Å². The van der Waals surface area contributed by atoms with Crippen molar-refractivity contribution in [2.75, 3.05) is 24.5 Å². The number of piperidine rings is 1. The van der Waals surface area contributed by atoms with Crippen molar-refractivity contribution < 1.29 is 8.42 Å². The summed E-state index contributed by atoms with van der Waals surface area (Å²) in [6, 6.07) is 6.98. The van der Waals surface area contributed by atoms with E-state index in [4.69, 9.17) is 0 Å². The molecule has 0 atom stereocenters. The minimum absolute atomic E-state index is 0.333. The number of rotatable bonds is 5. The molecule has 0 saturated carbocycles. The summed E-state index contributed by atoms with van der Waals surface area (Å²) < 4.78 is 27.5. The van der Waals surface area contributed by atoms with E-state index in [-0.39, 0.29) is 0 Å². The average Bonchev–Trinajstić information content (AvgIpc) is 2.61. The number of sulfonamides is 1. The van der Waals surface area contributed by atoms with E-state index in [1.165, 1.54) is 0 Å². The van der Waals surface area contributed by atoms with Crippen LogP contribution >= 0.6 is 0 Å². The van der Waals surface area contributed by atoms with E-state index < -0.39 is 10.0 Å². The Hall–Kier alpha value is -1.99. The van der Waals surface area contributed by atoms with Crippen LogP contribution in [-0.2, 0) is 10.0 Å². The highest BCUT2D eigenvalue weighted by atomic mass is 32.2. The summed E-state index contributed by atoms with van der Waals surface area (Å²) >= 11 is 0. The molecule has 24 heavy (non-hydrogen) atoms. The second-order valence-electron chi connectivity index (χ2n) is 6.16. The highest BCUT2D eigenvalue weighted by Gasteiger charge is 2.22. The fourth-order valence-corrected chi connectivity index (χ4v) is 4.13. The van der Waals surface area contributed by atoms with Crippen molar-refractivity contribution >= 4 is 15.8 Å². The van der Waals surface area contributed by atoms with E-state index in [0.717, 1.165) is 37.3 Å². The predicted molar refractivity (Wildman–Crippen MR) is 93.3 cm³/mol. The SMILES string of the molecule is Cc1cccc(S(=O)(=O)NCC2CCN(c3cnccn3)CC2)c1. The highest BCUT2D eigenvalue weighted by Crippen LogP contribution is 2.21. The Kier molecular flexibility index (Phi) is 5.11. The van der Waals surface area contributed by atoms with Crippen LogP contribution in [0.3, 0.4) is 0 Å². The summed E-state index contributed by atoms with van der Waals surface area (Å²) in [5, 5.41) is 0. The summed E-state index contributed by atoms with van der Waals surface area (Å²) in [6.45, 7) is 4.11. The summed E-state index contributed by atoms with van der Waals surface area (Å²) in [6.07, 6.45) is 6.99. The van der Waals surface area contributed by atoms with Gasteiger partial charge in [-0.15, -0.1) is 0 Å². The van der Waals surface area contributed by atoms with Crippen LogP contribution in [0.1, 0.15) is 18.4 Å². The van der Waals surface area contributed by atoms with E-state index >= 15 is 0 Å². The summed E-state index contributed by atoms with van der Waals surface area (Å²) in [5.74, 6) is 1.23. The van der Waals surface area contributed by atoms with Gasteiger partial charge in [-0.2, -0.15) is 0 Å². The normalized spacial score (nSPS) is 16.3. The molecular weight excluding hydrogens is 324 g/mol. The lowest BCUT2D eigenvalue weighted by Gasteiger charge is -2.32. The Morgan fingerprint density at radius 2 is 2.04 bits per heavy atom. The smallest absolute Gasteiger partial charge is 0.240 e. The predicted octanol–water partition coefficient (Wildman–Crippen LogP) is 1.98. The van der Waals surface area contributed by atoms with Gasteiger partial charge in [-0.1, -0.05) is 12.1 Å². The standard InChI is InChI=1S/C17H22N4O2S/c1-14-3-2-4-16(11-14)24(22,23)20-12-15-5-9-21(10-6-15)17-13-18-7-8-19-17/h2-4,7-8,11,13,15,20H,5-6,9-10,12H2,1H3. The van der Waals surface area contributed by atoms with Gasteiger partial charge in [0.25, 0.3) is 0 Å². The van der Waals surface area contributed by atoms with Gasteiger partial charge in [0.1, 0.15) is 5.82 Å². The second kappa shape index (κ2) is 7.27. The third-order valence-electron chi connectivity index (χ3n) is 4.35. The molecule has 2 aromatic rings. The molecule has 1 saturated heterocycles. The average molecular weight is 346 g/mol. The van der Waals surface area contributed by atoms with E-state index in [1.807, 2.05) is 13.0 Å². The number of aryl methyl sites for hydroxylation is 1. The van der Waals surface area contributed by atoms with E-state index in [9.17, 15) is 8.42 Å². The number of hydrogen-bond acceptors (Lipinski definition) is 5. The Morgan fingerprint density at radius 3 is 2.71 bits per heavy atom. The van der Waals surface area contributed by atoms with Crippen molar-refractivity contribution in [3.8, 4) is 0 Å². The molecule has 1 aliphatic heterocycles. The van der Waals surface area contributed by atoms with Crippen molar-refractivity contribution in [3.05, 3.63) is 48.4 Å². The van der Waals surface area contributed by atoms with Gasteiger partial charge in [-0.05, 0) is 43.4 Å². The summed E-state index contributed by atoms with van der Waals surface area (Å²) in [5.41, 5.74) is 0.940. The lowest BCUT2D eigenvalue weighted by Crippen LogP contribution is -2.39. The zero-order valence-corrected chi connectivity index (χ0v) is 14.5. The number of aromatic nitrogens is 2. The quantitative estimate of drug-likeness (QED) is 0.896. The molecule has 0 amide bonds. The Bertz CT molecular complexity index is 772. The van der Waals surface area contributed by atoms with Gasteiger partial charge in [0.15, 0.2) is 0 Å². The first-order valence-electron chi connectivity index (χ1n) is 8.12. The van der Waals surface area contributed by atoms with Crippen LogP contribution in [0.4, 0.5) is 5.82 Å². The molecule has 1 aromatic heterocycles. The lowest BCUT2D eigenvalue weighted by atomic mass is 9.97. The molecule has 1 aliphatic rings. The first-order chi connectivity index (χ1) is 11.5. The third-order valence-corrected chi connectivity index (χ3v) is 5.77. The van der Waals surface area contributed by atoms with Crippen LogP contribution in [0.25, 0.3) is 0 Å². The topological polar surface area (TPSA) is 75.2 Å². The number of nitrogens with one attached hydrogen (secondary N) is 1. The molecule has 1 aromatic carbocycles. The van der Waals surface area contributed by atoms with Crippen molar-refractivity contribution in [2.45, 2.75) is 24.7 Å². The molecule has 0 bridgehead atoms. The number of anilines is 1. The molecule has 7 heteroatoms. The van der Waals surface area contributed by atoms with Gasteiger partial charge in [0, 0.05) is 32.0 Å². The van der Waals surface area contributed by atoms with Crippen molar-refractivity contribution in [3.63, 3.8) is 0 Å². The molecule has 1 N–H and O–H groups in total. The maximum absolute atomic E-state index is 12.4. The molecule has 3 rings (SSSR count). The molecule has 0 aliphatic carbocycles. The van der Waals surface area contributed by atoms with Crippen molar-refractivity contribution in [2.24, 2.45) is 5.92 Å². The van der Waals surface area contributed by atoms with Gasteiger partial charge < -0.3 is 4.90 Å². The fourth-order valence-electron chi connectivity index (χ4n) is 2.91. The van der Waals surface area contributed by atoms with E-state index in [2.05, 4.69) is 19.6 Å². The Balaban J connectivity index is 1.53. The maximum Gasteiger partial charge on any atom is 0.240 e. The first-order valence-corrected chi connectivity index (χ1v) is 9.60. The maximum atomic E-state index is 12.4. The van der Waals surface area contributed by atoms with Crippen LogP contribution in [0.5, 0.6) is 0 Å². The zero-order chi connectivity index (χ0) is 17.0. The molecule has 128 valence electrons. The number of benzene rings is 1. The van der Waals surface area contributed by atoms with Crippen molar-refractivity contribution in [1.82, 2.24) is 14.7 Å². The minimum atomic E-state index is -3.43. The first kappa shape index (κ1) is 16.9. The summed E-state index contributed by atoms with van der Waals surface area (Å²) in [4.78, 5) is 10.9. The molecule has 0 spiro atoms.